The molecule has 0 bridgehead atoms. The molecule has 0 saturated carbocycles. The summed E-state index contributed by atoms with van der Waals surface area (Å²) < 4.78 is 6.59. The molecule has 2 aliphatic heterocycles. The average Bonchev–Trinajstić information content (AvgIpc) is 3.31. The maximum Gasteiger partial charge on any atom is 0.407 e. The van der Waals surface area contributed by atoms with Crippen LogP contribution in [0.5, 0.6) is 0 Å². The highest BCUT2D eigenvalue weighted by atomic mass is 35.5. The highest BCUT2D eigenvalue weighted by Crippen LogP contribution is 2.37. The second kappa shape index (κ2) is 10.6. The van der Waals surface area contributed by atoms with E-state index in [4.69, 9.17) is 16.3 Å². The van der Waals surface area contributed by atoms with Gasteiger partial charge in [0.05, 0.1) is 53.5 Å². The van der Waals surface area contributed by atoms with Crippen molar-refractivity contribution < 1.29 is 14.6 Å². The lowest BCUT2D eigenvalue weighted by Gasteiger charge is -2.44. The summed E-state index contributed by atoms with van der Waals surface area (Å²) in [6.07, 6.45) is 1.74. The van der Waals surface area contributed by atoms with E-state index < -0.39 is 6.09 Å². The topological polar surface area (TPSA) is 168 Å². The molecule has 0 spiro atoms. The highest BCUT2D eigenvalue weighted by molar-refractivity contribution is 6.36. The zero-order valence-electron chi connectivity index (χ0n) is 20.6. The fourth-order valence-electron chi connectivity index (χ4n) is 4.79. The maximum absolute atomic E-state index is 11.9. The molecule has 5 rings (SSSR count). The Morgan fingerprint density at radius 1 is 1.26 bits per heavy atom. The van der Waals surface area contributed by atoms with Gasteiger partial charge in [0.1, 0.15) is 6.07 Å². The minimum Gasteiger partial charge on any atom is -0.465 e. The Bertz CT molecular complexity index is 1450. The third-order valence-electron chi connectivity index (χ3n) is 6.68. The summed E-state index contributed by atoms with van der Waals surface area (Å²) >= 11 is 6.83. The zero-order valence-corrected chi connectivity index (χ0v) is 21.3. The Labute approximate surface area is 223 Å². The van der Waals surface area contributed by atoms with E-state index >= 15 is 0 Å². The fourth-order valence-corrected chi connectivity index (χ4v) is 5.07. The van der Waals surface area contributed by atoms with Gasteiger partial charge in [-0.05, 0) is 31.9 Å². The number of fused-ring (bicyclic) bond motifs is 1. The number of halogens is 1. The van der Waals surface area contributed by atoms with Crippen molar-refractivity contribution in [2.24, 2.45) is 0 Å². The molecule has 38 heavy (non-hydrogen) atoms. The van der Waals surface area contributed by atoms with Crippen LogP contribution in [0.4, 0.5) is 27.9 Å². The maximum atomic E-state index is 11.9. The first kappa shape index (κ1) is 25.3. The van der Waals surface area contributed by atoms with Gasteiger partial charge in [-0.1, -0.05) is 11.6 Å². The minimum absolute atomic E-state index is 0.105. The summed E-state index contributed by atoms with van der Waals surface area (Å²) in [7, 11) is 0. The number of hydrogen-bond acceptors (Lipinski definition) is 10. The SMILES string of the molecule is CCNc1nc(Nc2cc(C#N)cc(N3CCC(N(C(=O)O)C4COC4)CC3)c2Cl)nn2c(C#N)cnc12. The van der Waals surface area contributed by atoms with Crippen LogP contribution in [-0.4, -0.2) is 80.6 Å². The van der Waals surface area contributed by atoms with Crippen molar-refractivity contribution in [2.75, 3.05) is 48.4 Å². The summed E-state index contributed by atoms with van der Waals surface area (Å²) in [5.74, 6) is 0.616. The van der Waals surface area contributed by atoms with Crippen LogP contribution in [0.1, 0.15) is 31.0 Å². The lowest BCUT2D eigenvalue weighted by atomic mass is 10.00. The van der Waals surface area contributed by atoms with Crippen LogP contribution in [-0.2, 0) is 4.74 Å². The van der Waals surface area contributed by atoms with Crippen molar-refractivity contribution in [3.63, 3.8) is 0 Å². The Balaban J connectivity index is 1.41. The molecular weight excluding hydrogens is 512 g/mol. The largest absolute Gasteiger partial charge is 0.465 e. The summed E-state index contributed by atoms with van der Waals surface area (Å²) in [5.41, 5.74) is 2.14. The van der Waals surface area contributed by atoms with Crippen molar-refractivity contribution in [1.29, 1.82) is 10.5 Å². The molecule has 2 aromatic heterocycles. The van der Waals surface area contributed by atoms with Crippen LogP contribution >= 0.6 is 11.6 Å². The zero-order chi connectivity index (χ0) is 26.8. The monoisotopic (exact) mass is 536 g/mol. The number of nitriles is 2. The summed E-state index contributed by atoms with van der Waals surface area (Å²) in [4.78, 5) is 24.2. The fraction of sp³-hybridized carbons (Fsp3) is 0.417. The number of carboxylic acid groups (broad SMARTS) is 1. The molecule has 14 heteroatoms. The van der Waals surface area contributed by atoms with E-state index in [2.05, 4.69) is 42.7 Å². The predicted molar refractivity (Wildman–Crippen MR) is 139 cm³/mol. The van der Waals surface area contributed by atoms with E-state index in [1.165, 1.54) is 15.6 Å². The molecule has 13 nitrogen and oxygen atoms in total. The Kier molecular flexibility index (Phi) is 7.05. The molecule has 3 aromatic rings. The number of benzene rings is 1. The normalized spacial score (nSPS) is 15.9. The molecule has 2 saturated heterocycles. The first-order valence-electron chi connectivity index (χ1n) is 12.2. The lowest BCUT2D eigenvalue weighted by molar-refractivity contribution is -0.0709. The lowest BCUT2D eigenvalue weighted by Crippen LogP contribution is -2.57. The van der Waals surface area contributed by atoms with Gasteiger partial charge in [-0.25, -0.2) is 9.78 Å². The summed E-state index contributed by atoms with van der Waals surface area (Å²) in [6, 6.07) is 7.35. The first-order valence-corrected chi connectivity index (χ1v) is 12.6. The molecule has 196 valence electrons. The van der Waals surface area contributed by atoms with Crippen molar-refractivity contribution in [2.45, 2.75) is 31.8 Å². The number of anilines is 4. The molecule has 0 aliphatic carbocycles. The predicted octanol–water partition coefficient (Wildman–Crippen LogP) is 3.04. The summed E-state index contributed by atoms with van der Waals surface area (Å²) in [6.45, 7) is 4.50. The summed E-state index contributed by atoms with van der Waals surface area (Å²) in [5, 5.41) is 39.9. The number of hydrogen-bond donors (Lipinski definition) is 3. The molecule has 4 heterocycles. The van der Waals surface area contributed by atoms with Gasteiger partial charge in [0, 0.05) is 25.7 Å². The van der Waals surface area contributed by atoms with Crippen molar-refractivity contribution in [1.82, 2.24) is 24.5 Å². The molecule has 0 unspecified atom stereocenters. The quantitative estimate of drug-likeness (QED) is 0.405. The average molecular weight is 537 g/mol. The van der Waals surface area contributed by atoms with Gasteiger partial charge in [-0.3, -0.25) is 4.90 Å². The van der Waals surface area contributed by atoms with Crippen LogP contribution in [0.15, 0.2) is 18.3 Å². The van der Waals surface area contributed by atoms with Gasteiger partial charge in [0.25, 0.3) is 0 Å². The van der Waals surface area contributed by atoms with Crippen molar-refractivity contribution in [3.8, 4) is 12.1 Å². The Morgan fingerprint density at radius 3 is 2.63 bits per heavy atom. The molecule has 3 N–H and O–H groups in total. The number of ether oxygens (including phenoxy) is 1. The molecule has 0 atom stereocenters. The van der Waals surface area contributed by atoms with E-state index in [0.717, 1.165) is 0 Å². The second-order valence-electron chi connectivity index (χ2n) is 9.00. The Morgan fingerprint density at radius 2 is 2.03 bits per heavy atom. The number of aromatic nitrogens is 4. The minimum atomic E-state index is -0.931. The molecule has 0 radical (unpaired) electrons. The van der Waals surface area contributed by atoms with Gasteiger partial charge in [0.2, 0.25) is 5.95 Å². The van der Waals surface area contributed by atoms with Crippen molar-refractivity contribution in [3.05, 3.63) is 34.6 Å². The number of rotatable bonds is 7. The molecule has 1 amide bonds. The van der Waals surface area contributed by atoms with Crippen molar-refractivity contribution >= 4 is 46.5 Å². The van der Waals surface area contributed by atoms with E-state index in [1.807, 2.05) is 6.92 Å². The first-order chi connectivity index (χ1) is 18.4. The van der Waals surface area contributed by atoms with Gasteiger partial charge >= 0.3 is 6.09 Å². The number of carbonyl (C=O) groups is 1. The van der Waals surface area contributed by atoms with E-state index in [0.29, 0.717) is 79.1 Å². The smallest absolute Gasteiger partial charge is 0.407 e. The molecule has 2 fully saturated rings. The third kappa shape index (κ3) is 4.69. The van der Waals surface area contributed by atoms with Gasteiger partial charge in [-0.15, -0.1) is 5.10 Å². The van der Waals surface area contributed by atoms with Crippen LogP contribution < -0.4 is 15.5 Å². The van der Waals surface area contributed by atoms with Gasteiger partial charge < -0.3 is 25.4 Å². The molecule has 1 aromatic carbocycles. The van der Waals surface area contributed by atoms with Gasteiger partial charge in [-0.2, -0.15) is 20.0 Å². The van der Waals surface area contributed by atoms with Crippen LogP contribution in [0, 0.1) is 22.7 Å². The number of piperidine rings is 1. The number of nitrogens with one attached hydrogen (secondary N) is 2. The second-order valence-corrected chi connectivity index (χ2v) is 9.38. The Hall–Kier alpha value is -4.33. The standard InChI is InChI=1S/C24H25ClN10O3/c1-2-28-21-22-29-11-16(10-27)35(22)32-23(31-21)30-18-7-14(9-26)8-19(20(18)25)33-5-3-15(4-6-33)34(24(36)37)17-12-38-13-17/h7-8,11,15,17H,2-6,12-13H2,1H3,(H,36,37)(H2,28,30,31,32). The molecule has 2 aliphatic rings. The van der Waals surface area contributed by atoms with E-state index in [-0.39, 0.29) is 23.7 Å². The highest BCUT2D eigenvalue weighted by Gasteiger charge is 2.37. The van der Waals surface area contributed by atoms with Crippen LogP contribution in [0.3, 0.4) is 0 Å². The number of nitrogens with zero attached hydrogens (tertiary/aromatic N) is 8. The number of imidazole rings is 1. The van der Waals surface area contributed by atoms with Crippen LogP contribution in [0.25, 0.3) is 5.65 Å². The number of amides is 1. The van der Waals surface area contributed by atoms with E-state index in [1.54, 1.807) is 12.1 Å². The third-order valence-corrected chi connectivity index (χ3v) is 7.08. The molecular formula is C24H25ClN10O3. The van der Waals surface area contributed by atoms with E-state index in [9.17, 15) is 20.4 Å². The van der Waals surface area contributed by atoms with Gasteiger partial charge in [0.15, 0.2) is 17.2 Å². The van der Waals surface area contributed by atoms with Crippen LogP contribution in [0.2, 0.25) is 5.02 Å².